The zero-order valence-corrected chi connectivity index (χ0v) is 12.0. The summed E-state index contributed by atoms with van der Waals surface area (Å²) in [5, 5.41) is 7.74. The summed E-state index contributed by atoms with van der Waals surface area (Å²) in [5.74, 6) is 0.673. The third-order valence-electron chi connectivity index (χ3n) is 3.24. The maximum Gasteiger partial charge on any atom is -0.00172 e. The van der Waals surface area contributed by atoms with E-state index in [0.717, 1.165) is 19.4 Å². The van der Waals surface area contributed by atoms with Crippen molar-refractivity contribution in [3.05, 3.63) is 57.8 Å². The molecule has 18 heavy (non-hydrogen) atoms. The Bertz CT molecular complexity index is 444. The summed E-state index contributed by atoms with van der Waals surface area (Å²) in [5.41, 5.74) is 4.24. The van der Waals surface area contributed by atoms with Gasteiger partial charge in [-0.1, -0.05) is 29.8 Å². The van der Waals surface area contributed by atoms with Crippen LogP contribution in [-0.2, 0) is 12.8 Å². The summed E-state index contributed by atoms with van der Waals surface area (Å²) >= 11 is 1.79. The minimum atomic E-state index is 0.673. The van der Waals surface area contributed by atoms with E-state index in [-0.39, 0.29) is 0 Å². The van der Waals surface area contributed by atoms with Crippen LogP contribution >= 0.6 is 11.3 Å². The predicted octanol–water partition coefficient (Wildman–Crippen LogP) is 3.68. The first kappa shape index (κ1) is 13.3. The summed E-state index contributed by atoms with van der Waals surface area (Å²) in [4.78, 5) is 0. The Labute approximate surface area is 114 Å². The van der Waals surface area contributed by atoms with Crippen LogP contribution in [0.4, 0.5) is 0 Å². The molecule has 1 aromatic heterocycles. The fourth-order valence-corrected chi connectivity index (χ4v) is 2.99. The highest BCUT2D eigenvalue weighted by Crippen LogP contribution is 2.16. The number of thiophene rings is 1. The Balaban J connectivity index is 1.99. The van der Waals surface area contributed by atoms with Crippen molar-refractivity contribution in [1.29, 1.82) is 0 Å². The van der Waals surface area contributed by atoms with Crippen molar-refractivity contribution in [3.63, 3.8) is 0 Å². The topological polar surface area (TPSA) is 12.0 Å². The Kier molecular flexibility index (Phi) is 4.97. The van der Waals surface area contributed by atoms with Crippen molar-refractivity contribution < 1.29 is 0 Å². The average molecular weight is 259 g/mol. The number of hydrogen-bond acceptors (Lipinski definition) is 2. The van der Waals surface area contributed by atoms with Crippen LogP contribution in [0.3, 0.4) is 0 Å². The molecule has 0 saturated heterocycles. The minimum absolute atomic E-state index is 0.673. The number of hydrogen-bond donors (Lipinski definition) is 1. The van der Waals surface area contributed by atoms with Crippen molar-refractivity contribution in [2.24, 2.45) is 5.92 Å². The summed E-state index contributed by atoms with van der Waals surface area (Å²) in [7, 11) is 2.04. The van der Waals surface area contributed by atoms with E-state index in [9.17, 15) is 0 Å². The van der Waals surface area contributed by atoms with Gasteiger partial charge in [0.1, 0.15) is 0 Å². The van der Waals surface area contributed by atoms with E-state index >= 15 is 0 Å². The van der Waals surface area contributed by atoms with Gasteiger partial charge in [0.05, 0.1) is 0 Å². The lowest BCUT2D eigenvalue weighted by Gasteiger charge is -2.16. The zero-order chi connectivity index (χ0) is 12.8. The van der Waals surface area contributed by atoms with E-state index < -0.39 is 0 Å². The highest BCUT2D eigenvalue weighted by molar-refractivity contribution is 7.07. The second-order valence-corrected chi connectivity index (χ2v) is 5.73. The summed E-state index contributed by atoms with van der Waals surface area (Å²) in [6.07, 6.45) is 2.31. The Hall–Kier alpha value is -1.12. The molecule has 0 aliphatic rings. The van der Waals surface area contributed by atoms with Crippen LogP contribution in [0.5, 0.6) is 0 Å². The monoisotopic (exact) mass is 259 g/mol. The Morgan fingerprint density at radius 3 is 2.39 bits per heavy atom. The molecule has 1 aromatic carbocycles. The molecule has 0 bridgehead atoms. The zero-order valence-electron chi connectivity index (χ0n) is 11.1. The molecule has 1 nitrogen and oxygen atoms in total. The van der Waals surface area contributed by atoms with Gasteiger partial charge in [-0.2, -0.15) is 11.3 Å². The molecule has 1 heterocycles. The normalized spacial score (nSPS) is 12.6. The van der Waals surface area contributed by atoms with Gasteiger partial charge in [-0.3, -0.25) is 0 Å². The fraction of sp³-hybridized carbons (Fsp3) is 0.375. The first-order valence-corrected chi connectivity index (χ1v) is 7.43. The molecular formula is C16H21NS. The van der Waals surface area contributed by atoms with Crippen molar-refractivity contribution in [3.8, 4) is 0 Å². The quantitative estimate of drug-likeness (QED) is 0.834. The number of benzene rings is 1. The molecule has 1 atom stereocenters. The van der Waals surface area contributed by atoms with Crippen molar-refractivity contribution >= 4 is 11.3 Å². The summed E-state index contributed by atoms with van der Waals surface area (Å²) < 4.78 is 0. The first-order chi connectivity index (χ1) is 8.78. The van der Waals surface area contributed by atoms with Gasteiger partial charge >= 0.3 is 0 Å². The number of nitrogens with one attached hydrogen (secondary N) is 1. The lowest BCUT2D eigenvalue weighted by molar-refractivity contribution is 0.494. The van der Waals surface area contributed by atoms with Gasteiger partial charge < -0.3 is 5.32 Å². The van der Waals surface area contributed by atoms with Gasteiger partial charge in [-0.15, -0.1) is 0 Å². The smallest absolute Gasteiger partial charge is 0.00172 e. The predicted molar refractivity (Wildman–Crippen MR) is 80.3 cm³/mol. The molecule has 2 aromatic rings. The maximum absolute atomic E-state index is 3.32. The molecular weight excluding hydrogens is 238 g/mol. The molecule has 2 heteroatoms. The second-order valence-electron chi connectivity index (χ2n) is 4.95. The number of rotatable bonds is 6. The highest BCUT2D eigenvalue weighted by atomic mass is 32.1. The maximum atomic E-state index is 3.32. The van der Waals surface area contributed by atoms with Crippen LogP contribution in [0, 0.1) is 12.8 Å². The summed E-state index contributed by atoms with van der Waals surface area (Å²) in [6, 6.07) is 11.2. The van der Waals surface area contributed by atoms with E-state index in [1.165, 1.54) is 16.7 Å². The van der Waals surface area contributed by atoms with Crippen molar-refractivity contribution in [2.75, 3.05) is 13.6 Å². The molecule has 2 rings (SSSR count). The third kappa shape index (κ3) is 3.97. The molecule has 0 spiro atoms. The van der Waals surface area contributed by atoms with E-state index in [4.69, 9.17) is 0 Å². The Morgan fingerprint density at radius 1 is 1.06 bits per heavy atom. The molecule has 0 fully saturated rings. The molecule has 1 unspecified atom stereocenters. The van der Waals surface area contributed by atoms with Crippen LogP contribution in [0.25, 0.3) is 0 Å². The van der Waals surface area contributed by atoms with Crippen LogP contribution in [0.15, 0.2) is 41.1 Å². The van der Waals surface area contributed by atoms with E-state index in [0.29, 0.717) is 5.92 Å². The SMILES string of the molecule is CNCC(Cc1ccc(C)cc1)Cc1ccsc1. The number of aryl methyl sites for hydroxylation is 1. The molecule has 0 amide bonds. The average Bonchev–Trinajstić information content (AvgIpc) is 2.85. The lowest BCUT2D eigenvalue weighted by Crippen LogP contribution is -2.22. The molecule has 0 aliphatic carbocycles. The van der Waals surface area contributed by atoms with E-state index in [1.807, 2.05) is 7.05 Å². The molecule has 1 N–H and O–H groups in total. The van der Waals surface area contributed by atoms with Gasteiger partial charge in [0.15, 0.2) is 0 Å². The minimum Gasteiger partial charge on any atom is -0.319 e. The first-order valence-electron chi connectivity index (χ1n) is 6.49. The molecule has 0 aliphatic heterocycles. The molecule has 0 saturated carbocycles. The van der Waals surface area contributed by atoms with Crippen LogP contribution in [0.1, 0.15) is 16.7 Å². The van der Waals surface area contributed by atoms with Gasteiger partial charge in [0.25, 0.3) is 0 Å². The van der Waals surface area contributed by atoms with Crippen LogP contribution < -0.4 is 5.32 Å². The lowest BCUT2D eigenvalue weighted by atomic mass is 9.93. The van der Waals surface area contributed by atoms with E-state index in [1.54, 1.807) is 11.3 Å². The standard InChI is InChI=1S/C16H21NS/c1-13-3-5-14(6-4-13)9-16(11-17-2)10-15-7-8-18-12-15/h3-8,12,16-17H,9-11H2,1-2H3. The van der Waals surface area contributed by atoms with E-state index in [2.05, 4.69) is 53.3 Å². The molecule has 0 radical (unpaired) electrons. The van der Waals surface area contributed by atoms with Gasteiger partial charge in [0, 0.05) is 0 Å². The summed E-state index contributed by atoms with van der Waals surface area (Å²) in [6.45, 7) is 3.21. The third-order valence-corrected chi connectivity index (χ3v) is 3.97. The van der Waals surface area contributed by atoms with Crippen LogP contribution in [0.2, 0.25) is 0 Å². The van der Waals surface area contributed by atoms with Gasteiger partial charge in [-0.25, -0.2) is 0 Å². The van der Waals surface area contributed by atoms with Crippen molar-refractivity contribution in [1.82, 2.24) is 5.32 Å². The van der Waals surface area contributed by atoms with Gasteiger partial charge in [-0.05, 0) is 67.2 Å². The second kappa shape index (κ2) is 6.72. The highest BCUT2D eigenvalue weighted by Gasteiger charge is 2.10. The Morgan fingerprint density at radius 2 is 1.78 bits per heavy atom. The fourth-order valence-electron chi connectivity index (χ4n) is 2.30. The van der Waals surface area contributed by atoms with Gasteiger partial charge in [0.2, 0.25) is 0 Å². The van der Waals surface area contributed by atoms with Crippen molar-refractivity contribution in [2.45, 2.75) is 19.8 Å². The largest absolute Gasteiger partial charge is 0.319 e. The van der Waals surface area contributed by atoms with Crippen LogP contribution in [-0.4, -0.2) is 13.6 Å². The molecule has 96 valence electrons.